The van der Waals surface area contributed by atoms with Gasteiger partial charge in [0.05, 0.1) is 34.9 Å². The number of aromatic nitrogens is 2. The first-order chi connectivity index (χ1) is 16.0. The maximum absolute atomic E-state index is 13.8. The summed E-state index contributed by atoms with van der Waals surface area (Å²) in [5, 5.41) is 15.9. The molecule has 2 heterocycles. The van der Waals surface area contributed by atoms with Crippen LogP contribution in [0.3, 0.4) is 0 Å². The highest BCUT2D eigenvalue weighted by molar-refractivity contribution is 6.34. The van der Waals surface area contributed by atoms with E-state index in [0.717, 1.165) is 61.2 Å². The average molecular weight is 472 g/mol. The number of halogens is 1. The van der Waals surface area contributed by atoms with E-state index < -0.39 is 12.0 Å². The first-order valence-electron chi connectivity index (χ1n) is 12.0. The molecule has 1 N–H and O–H groups in total. The number of rotatable bonds is 5. The van der Waals surface area contributed by atoms with Crippen molar-refractivity contribution >= 4 is 29.3 Å². The van der Waals surface area contributed by atoms with Crippen LogP contribution in [-0.4, -0.2) is 52.6 Å². The lowest BCUT2D eigenvalue weighted by Crippen LogP contribution is -2.47. The van der Waals surface area contributed by atoms with Crippen LogP contribution in [0, 0.1) is 5.92 Å². The van der Waals surface area contributed by atoms with Gasteiger partial charge in [0.2, 0.25) is 0 Å². The number of nitrogens with zero attached hydrogens (tertiary/aromatic N) is 3. The molecule has 2 atom stereocenters. The molecule has 1 saturated carbocycles. The lowest BCUT2D eigenvalue weighted by molar-refractivity contribution is -0.152. The van der Waals surface area contributed by atoms with Crippen LogP contribution in [0.2, 0.25) is 5.02 Å². The van der Waals surface area contributed by atoms with Crippen LogP contribution in [0.1, 0.15) is 72.1 Å². The van der Waals surface area contributed by atoms with Gasteiger partial charge in [0.15, 0.2) is 5.82 Å². The van der Waals surface area contributed by atoms with E-state index in [9.17, 15) is 14.7 Å². The number of β-amino-alcohol motifs (C(OH)–C–C–N with tert-alkyl or cyclic N) is 1. The van der Waals surface area contributed by atoms with Crippen LogP contribution in [0.25, 0.3) is 0 Å². The summed E-state index contributed by atoms with van der Waals surface area (Å²) in [5.74, 6) is 0.0996. The van der Waals surface area contributed by atoms with Gasteiger partial charge in [-0.2, -0.15) is 4.68 Å². The van der Waals surface area contributed by atoms with Crippen LogP contribution in [0.4, 0.5) is 5.82 Å². The summed E-state index contributed by atoms with van der Waals surface area (Å²) in [6, 6.07) is 5.68. The number of piperidine rings is 1. The Bertz CT molecular complexity index is 1080. The molecule has 1 saturated heterocycles. The second-order valence-corrected chi connectivity index (χ2v) is 9.72. The fraction of sp³-hybridized carbons (Fsp3) is 0.560. The molecule has 3 aliphatic rings. The van der Waals surface area contributed by atoms with Crippen molar-refractivity contribution in [3.8, 4) is 0 Å². The second-order valence-electron chi connectivity index (χ2n) is 9.31. The molecule has 1 aromatic carbocycles. The summed E-state index contributed by atoms with van der Waals surface area (Å²) in [6.45, 7) is 2.94. The molecule has 2 aromatic rings. The molecule has 1 aliphatic heterocycles. The highest BCUT2D eigenvalue weighted by Crippen LogP contribution is 2.43. The van der Waals surface area contributed by atoms with E-state index in [4.69, 9.17) is 21.4 Å². The predicted molar refractivity (Wildman–Crippen MR) is 125 cm³/mol. The SMILES string of the molecule is CCOC(=O)[C@H]1CCN(c2nn(C(=O)c3c(Cl)cccc3C3CC3)c3c2CCCC3)C[C@H]1O. The van der Waals surface area contributed by atoms with Crippen molar-refractivity contribution in [1.29, 1.82) is 0 Å². The van der Waals surface area contributed by atoms with E-state index in [-0.39, 0.29) is 11.9 Å². The number of aliphatic hydroxyl groups excluding tert-OH is 1. The van der Waals surface area contributed by atoms with Crippen LogP contribution < -0.4 is 4.90 Å². The highest BCUT2D eigenvalue weighted by atomic mass is 35.5. The van der Waals surface area contributed by atoms with Gasteiger partial charge in [0, 0.05) is 18.7 Å². The first-order valence-corrected chi connectivity index (χ1v) is 12.4. The summed E-state index contributed by atoms with van der Waals surface area (Å²) < 4.78 is 6.68. The summed E-state index contributed by atoms with van der Waals surface area (Å²) in [7, 11) is 0. The average Bonchev–Trinajstić information content (AvgIpc) is 3.58. The number of hydrogen-bond acceptors (Lipinski definition) is 6. The Morgan fingerprint density at radius 1 is 1.21 bits per heavy atom. The Kier molecular flexibility index (Phi) is 6.18. The Balaban J connectivity index is 1.47. The monoisotopic (exact) mass is 471 g/mol. The molecule has 0 spiro atoms. The van der Waals surface area contributed by atoms with Gasteiger partial charge in [0.25, 0.3) is 5.91 Å². The topological polar surface area (TPSA) is 84.7 Å². The van der Waals surface area contributed by atoms with E-state index >= 15 is 0 Å². The van der Waals surface area contributed by atoms with Crippen LogP contribution in [-0.2, 0) is 22.4 Å². The Morgan fingerprint density at radius 2 is 2.00 bits per heavy atom. The maximum atomic E-state index is 13.8. The zero-order valence-electron chi connectivity index (χ0n) is 18.9. The van der Waals surface area contributed by atoms with Crippen LogP contribution in [0.5, 0.6) is 0 Å². The number of aliphatic hydroxyl groups is 1. The van der Waals surface area contributed by atoms with E-state index in [1.807, 2.05) is 17.0 Å². The quantitative estimate of drug-likeness (QED) is 0.669. The minimum atomic E-state index is -0.831. The lowest BCUT2D eigenvalue weighted by atomic mass is 9.92. The van der Waals surface area contributed by atoms with Crippen LogP contribution in [0.15, 0.2) is 18.2 Å². The van der Waals surface area contributed by atoms with Crippen molar-refractivity contribution in [3.05, 3.63) is 45.6 Å². The van der Waals surface area contributed by atoms with E-state index in [0.29, 0.717) is 42.6 Å². The zero-order chi connectivity index (χ0) is 23.1. The Labute approximate surface area is 198 Å². The summed E-state index contributed by atoms with van der Waals surface area (Å²) in [6.07, 6.45) is 5.52. The molecule has 0 unspecified atom stereocenters. The number of anilines is 1. The number of esters is 1. The normalized spacial score (nSPS) is 22.7. The molecule has 5 rings (SSSR count). The Hall–Kier alpha value is -2.38. The molecule has 2 fully saturated rings. The fourth-order valence-corrected chi connectivity index (χ4v) is 5.52. The van der Waals surface area contributed by atoms with Gasteiger partial charge < -0.3 is 14.7 Å². The van der Waals surface area contributed by atoms with Crippen molar-refractivity contribution in [1.82, 2.24) is 9.78 Å². The molecule has 1 aromatic heterocycles. The molecular weight excluding hydrogens is 442 g/mol. The number of carbonyl (C=O) groups excluding carboxylic acids is 2. The third kappa shape index (κ3) is 4.17. The predicted octanol–water partition coefficient (Wildman–Crippen LogP) is 3.73. The molecule has 0 amide bonds. The molecule has 0 radical (unpaired) electrons. The van der Waals surface area contributed by atoms with Crippen molar-refractivity contribution in [2.24, 2.45) is 5.92 Å². The van der Waals surface area contributed by atoms with Gasteiger partial charge in [0.1, 0.15) is 0 Å². The highest BCUT2D eigenvalue weighted by Gasteiger charge is 2.37. The third-order valence-corrected chi connectivity index (χ3v) is 7.41. The van der Waals surface area contributed by atoms with Gasteiger partial charge in [-0.1, -0.05) is 23.7 Å². The largest absolute Gasteiger partial charge is 0.466 e. The summed E-state index contributed by atoms with van der Waals surface area (Å²) >= 11 is 6.53. The number of benzene rings is 1. The van der Waals surface area contributed by atoms with Gasteiger partial charge in [-0.15, -0.1) is 5.10 Å². The van der Waals surface area contributed by atoms with E-state index in [1.165, 1.54) is 0 Å². The summed E-state index contributed by atoms with van der Waals surface area (Å²) in [5.41, 5.74) is 3.60. The lowest BCUT2D eigenvalue weighted by Gasteiger charge is -2.35. The molecule has 8 heteroatoms. The van der Waals surface area contributed by atoms with E-state index in [2.05, 4.69) is 0 Å². The Morgan fingerprint density at radius 3 is 2.73 bits per heavy atom. The minimum absolute atomic E-state index is 0.172. The standard InChI is InChI=1S/C25H30ClN3O4/c1-2-33-25(32)18-12-13-28(14-21(18)30)23-17-6-3-4-9-20(17)29(27-23)24(31)22-16(15-10-11-15)7-5-8-19(22)26/h5,7-8,15,18,21,30H,2-4,6,9-14H2,1H3/t18-,21+/m0/s1. The van der Waals surface area contributed by atoms with Gasteiger partial charge in [-0.05, 0) is 69.4 Å². The van der Waals surface area contributed by atoms with Gasteiger partial charge in [-0.3, -0.25) is 9.59 Å². The number of hydrogen-bond donors (Lipinski definition) is 1. The molecule has 0 bridgehead atoms. The fourth-order valence-electron chi connectivity index (χ4n) is 5.26. The molecular formula is C25H30ClN3O4. The second kappa shape index (κ2) is 9.11. The summed E-state index contributed by atoms with van der Waals surface area (Å²) in [4.78, 5) is 28.0. The maximum Gasteiger partial charge on any atom is 0.311 e. The third-order valence-electron chi connectivity index (χ3n) is 7.10. The number of carbonyl (C=O) groups is 2. The molecule has 2 aliphatic carbocycles. The smallest absolute Gasteiger partial charge is 0.311 e. The van der Waals surface area contributed by atoms with Crippen molar-refractivity contribution < 1.29 is 19.4 Å². The number of fused-ring (bicyclic) bond motifs is 1. The number of ether oxygens (including phenoxy) is 1. The van der Waals surface area contributed by atoms with Gasteiger partial charge >= 0.3 is 5.97 Å². The minimum Gasteiger partial charge on any atom is -0.466 e. The van der Waals surface area contributed by atoms with E-state index in [1.54, 1.807) is 17.7 Å². The van der Waals surface area contributed by atoms with Crippen molar-refractivity contribution in [2.45, 2.75) is 63.9 Å². The molecule has 33 heavy (non-hydrogen) atoms. The van der Waals surface area contributed by atoms with Crippen molar-refractivity contribution in [2.75, 3.05) is 24.6 Å². The van der Waals surface area contributed by atoms with Gasteiger partial charge in [-0.25, -0.2) is 0 Å². The molecule has 176 valence electrons. The first kappa shape index (κ1) is 22.4. The molecule has 7 nitrogen and oxygen atoms in total. The van der Waals surface area contributed by atoms with Crippen LogP contribution >= 0.6 is 11.6 Å². The zero-order valence-corrected chi connectivity index (χ0v) is 19.7. The van der Waals surface area contributed by atoms with Crippen molar-refractivity contribution in [3.63, 3.8) is 0 Å².